The minimum Gasteiger partial charge on any atom is -0.481 e. The van der Waals surface area contributed by atoms with Gasteiger partial charge in [-0.25, -0.2) is 8.78 Å². The van der Waals surface area contributed by atoms with Gasteiger partial charge in [-0.05, 0) is 31.2 Å². The summed E-state index contributed by atoms with van der Waals surface area (Å²) < 4.78 is 33.0. The highest BCUT2D eigenvalue weighted by Crippen LogP contribution is 2.17. The molecule has 1 heterocycles. The molecular weight excluding hydrogens is 278 g/mol. The molecule has 112 valence electrons. The predicted molar refractivity (Wildman–Crippen MR) is 73.8 cm³/mol. The summed E-state index contributed by atoms with van der Waals surface area (Å²) in [5.41, 5.74) is 2.04. The number of aromatic nitrogens is 1. The summed E-state index contributed by atoms with van der Waals surface area (Å²) in [6.07, 6.45) is 0. The highest BCUT2D eigenvalue weighted by Gasteiger charge is 2.09. The van der Waals surface area contributed by atoms with Crippen LogP contribution < -0.4 is 10.1 Å². The molecule has 4 nitrogen and oxygen atoms in total. The predicted octanol–water partition coefficient (Wildman–Crippen LogP) is 2.31. The van der Waals surface area contributed by atoms with Crippen LogP contribution >= 0.6 is 0 Å². The van der Waals surface area contributed by atoms with Crippen LogP contribution in [0.15, 0.2) is 30.3 Å². The number of halogens is 2. The number of amides is 1. The fourth-order valence-corrected chi connectivity index (χ4v) is 1.82. The van der Waals surface area contributed by atoms with Crippen molar-refractivity contribution >= 4 is 5.91 Å². The Morgan fingerprint density at radius 2 is 2.05 bits per heavy atom. The van der Waals surface area contributed by atoms with Gasteiger partial charge in [-0.2, -0.15) is 0 Å². The molecule has 0 radical (unpaired) electrons. The second kappa shape index (κ2) is 6.39. The van der Waals surface area contributed by atoms with E-state index in [4.69, 9.17) is 4.74 Å². The molecule has 2 rings (SSSR count). The molecule has 1 aromatic heterocycles. The first-order valence-electron chi connectivity index (χ1n) is 6.43. The van der Waals surface area contributed by atoms with Crippen LogP contribution in [0, 0.1) is 18.6 Å². The first-order chi connectivity index (χ1) is 9.97. The van der Waals surface area contributed by atoms with E-state index >= 15 is 0 Å². The number of carbonyl (C=O) groups is 1. The molecule has 0 aliphatic rings. The van der Waals surface area contributed by atoms with E-state index in [9.17, 15) is 13.6 Å². The molecule has 21 heavy (non-hydrogen) atoms. The van der Waals surface area contributed by atoms with Crippen LogP contribution in [0.4, 0.5) is 8.78 Å². The Labute approximate surface area is 121 Å². The zero-order valence-electron chi connectivity index (χ0n) is 11.8. The Balaban J connectivity index is 1.83. The molecule has 2 aromatic rings. The smallest absolute Gasteiger partial charge is 0.258 e. The van der Waals surface area contributed by atoms with Gasteiger partial charge in [-0.1, -0.05) is 0 Å². The van der Waals surface area contributed by atoms with Crippen molar-refractivity contribution in [2.45, 2.75) is 13.5 Å². The van der Waals surface area contributed by atoms with Crippen LogP contribution in [0.2, 0.25) is 0 Å². The van der Waals surface area contributed by atoms with E-state index in [1.807, 2.05) is 30.7 Å². The number of aryl methyl sites for hydroxylation is 1. The summed E-state index contributed by atoms with van der Waals surface area (Å²) in [7, 11) is 1.90. The standard InChI is InChI=1S/C15H16F2N2O2/c1-10-3-5-12(19(10)2)8-18-15(20)9-21-14-6-4-11(16)7-13(14)17/h3-7H,8-9H2,1-2H3,(H,18,20). The molecule has 1 amide bonds. The van der Waals surface area contributed by atoms with Gasteiger partial charge in [0, 0.05) is 24.5 Å². The van der Waals surface area contributed by atoms with Gasteiger partial charge in [0.05, 0.1) is 6.54 Å². The third-order valence-corrected chi connectivity index (χ3v) is 3.20. The Kier molecular flexibility index (Phi) is 4.57. The van der Waals surface area contributed by atoms with Gasteiger partial charge < -0.3 is 14.6 Å². The summed E-state index contributed by atoms with van der Waals surface area (Å²) in [5, 5.41) is 2.67. The zero-order valence-corrected chi connectivity index (χ0v) is 11.8. The summed E-state index contributed by atoms with van der Waals surface area (Å²) >= 11 is 0. The molecule has 0 aliphatic heterocycles. The van der Waals surface area contributed by atoms with Crippen LogP contribution in [-0.2, 0) is 18.4 Å². The van der Waals surface area contributed by atoms with Crippen molar-refractivity contribution in [2.75, 3.05) is 6.61 Å². The SMILES string of the molecule is Cc1ccc(CNC(=O)COc2ccc(F)cc2F)n1C. The maximum atomic E-state index is 13.3. The van der Waals surface area contributed by atoms with Crippen LogP contribution in [0.3, 0.4) is 0 Å². The largest absolute Gasteiger partial charge is 0.481 e. The molecule has 0 atom stereocenters. The molecule has 0 saturated carbocycles. The van der Waals surface area contributed by atoms with Crippen molar-refractivity contribution in [1.82, 2.24) is 9.88 Å². The number of hydrogen-bond donors (Lipinski definition) is 1. The van der Waals surface area contributed by atoms with Crippen molar-refractivity contribution in [3.63, 3.8) is 0 Å². The maximum absolute atomic E-state index is 13.3. The number of nitrogens with zero attached hydrogens (tertiary/aromatic N) is 1. The van der Waals surface area contributed by atoms with E-state index in [1.165, 1.54) is 0 Å². The molecule has 1 aromatic carbocycles. The number of ether oxygens (including phenoxy) is 1. The van der Waals surface area contributed by atoms with Crippen molar-refractivity contribution in [3.8, 4) is 5.75 Å². The Bertz CT molecular complexity index is 653. The summed E-state index contributed by atoms with van der Waals surface area (Å²) in [6.45, 7) is 2.00. The van der Waals surface area contributed by atoms with E-state index in [-0.39, 0.29) is 18.3 Å². The molecule has 0 spiro atoms. The van der Waals surface area contributed by atoms with E-state index in [1.54, 1.807) is 0 Å². The van der Waals surface area contributed by atoms with Crippen molar-refractivity contribution < 1.29 is 18.3 Å². The van der Waals surface area contributed by atoms with Gasteiger partial charge in [0.15, 0.2) is 18.2 Å². The molecule has 0 fully saturated rings. The van der Waals surface area contributed by atoms with Crippen molar-refractivity contribution in [3.05, 3.63) is 53.4 Å². The first kappa shape index (κ1) is 15.0. The van der Waals surface area contributed by atoms with E-state index in [2.05, 4.69) is 5.32 Å². The Morgan fingerprint density at radius 1 is 1.29 bits per heavy atom. The molecule has 0 aliphatic carbocycles. The second-order valence-electron chi connectivity index (χ2n) is 4.67. The lowest BCUT2D eigenvalue weighted by Gasteiger charge is -2.09. The average Bonchev–Trinajstić information content (AvgIpc) is 2.75. The highest BCUT2D eigenvalue weighted by atomic mass is 19.1. The highest BCUT2D eigenvalue weighted by molar-refractivity contribution is 5.77. The van der Waals surface area contributed by atoms with Crippen LogP contribution in [0.25, 0.3) is 0 Å². The van der Waals surface area contributed by atoms with Crippen molar-refractivity contribution in [2.24, 2.45) is 7.05 Å². The van der Waals surface area contributed by atoms with Crippen molar-refractivity contribution in [1.29, 1.82) is 0 Å². The maximum Gasteiger partial charge on any atom is 0.258 e. The van der Waals surface area contributed by atoms with Gasteiger partial charge in [0.2, 0.25) is 0 Å². The minimum atomic E-state index is -0.833. The molecule has 0 saturated heterocycles. The van der Waals surface area contributed by atoms with Gasteiger partial charge >= 0.3 is 0 Å². The number of nitrogens with one attached hydrogen (secondary N) is 1. The lowest BCUT2D eigenvalue weighted by Crippen LogP contribution is -2.29. The molecule has 1 N–H and O–H groups in total. The molecular formula is C15H16F2N2O2. The molecule has 0 bridgehead atoms. The topological polar surface area (TPSA) is 43.3 Å². The monoisotopic (exact) mass is 294 g/mol. The fraction of sp³-hybridized carbons (Fsp3) is 0.267. The normalized spacial score (nSPS) is 10.5. The Hall–Kier alpha value is -2.37. The number of rotatable bonds is 5. The lowest BCUT2D eigenvalue weighted by molar-refractivity contribution is -0.123. The molecule has 6 heteroatoms. The third-order valence-electron chi connectivity index (χ3n) is 3.20. The average molecular weight is 294 g/mol. The van der Waals surface area contributed by atoms with Crippen LogP contribution in [0.5, 0.6) is 5.75 Å². The Morgan fingerprint density at radius 3 is 2.67 bits per heavy atom. The van der Waals surface area contributed by atoms with E-state index in [0.717, 1.165) is 23.5 Å². The number of benzene rings is 1. The van der Waals surface area contributed by atoms with Gasteiger partial charge in [0.25, 0.3) is 5.91 Å². The first-order valence-corrected chi connectivity index (χ1v) is 6.43. The summed E-state index contributed by atoms with van der Waals surface area (Å²) in [6, 6.07) is 6.80. The van der Waals surface area contributed by atoms with Gasteiger partial charge in [-0.3, -0.25) is 4.79 Å². The number of hydrogen-bond acceptors (Lipinski definition) is 2. The summed E-state index contributed by atoms with van der Waals surface area (Å²) in [5.74, 6) is -2.05. The van der Waals surface area contributed by atoms with E-state index < -0.39 is 11.6 Å². The van der Waals surface area contributed by atoms with Gasteiger partial charge in [-0.15, -0.1) is 0 Å². The molecule has 0 unspecified atom stereocenters. The van der Waals surface area contributed by atoms with Gasteiger partial charge in [0.1, 0.15) is 5.82 Å². The minimum absolute atomic E-state index is 0.152. The number of carbonyl (C=O) groups excluding carboxylic acids is 1. The van der Waals surface area contributed by atoms with Crippen LogP contribution in [-0.4, -0.2) is 17.1 Å². The fourth-order valence-electron chi connectivity index (χ4n) is 1.82. The van der Waals surface area contributed by atoms with Crippen LogP contribution in [0.1, 0.15) is 11.4 Å². The third kappa shape index (κ3) is 3.81. The summed E-state index contributed by atoms with van der Waals surface area (Å²) in [4.78, 5) is 11.6. The lowest BCUT2D eigenvalue weighted by atomic mass is 10.3. The zero-order chi connectivity index (χ0) is 15.4. The van der Waals surface area contributed by atoms with E-state index in [0.29, 0.717) is 12.6 Å². The quantitative estimate of drug-likeness (QED) is 0.919. The second-order valence-corrected chi connectivity index (χ2v) is 4.67.